The molecule has 2 fully saturated rings. The molecule has 0 radical (unpaired) electrons. The summed E-state index contributed by atoms with van der Waals surface area (Å²) in [5.74, 6) is -4.12. The molecule has 5 rings (SSSR count). The summed E-state index contributed by atoms with van der Waals surface area (Å²) >= 11 is 0. The Labute approximate surface area is 233 Å². The van der Waals surface area contributed by atoms with E-state index in [1.54, 1.807) is 23.1 Å². The molecule has 2 aromatic rings. The van der Waals surface area contributed by atoms with Crippen LogP contribution in [-0.2, 0) is 4.79 Å². The Morgan fingerprint density at radius 1 is 1.12 bits per heavy atom. The van der Waals surface area contributed by atoms with Gasteiger partial charge >= 0.3 is 5.92 Å². The normalized spacial score (nSPS) is 21.9. The maximum absolute atomic E-state index is 14.9. The number of alkyl halides is 2. The Bertz CT molecular complexity index is 1250. The van der Waals surface area contributed by atoms with Crippen molar-refractivity contribution in [1.29, 1.82) is 0 Å². The van der Waals surface area contributed by atoms with Crippen LogP contribution in [0.15, 0.2) is 24.4 Å². The summed E-state index contributed by atoms with van der Waals surface area (Å²) in [5.41, 5.74) is 1.22. The molecule has 1 atom stereocenters. The second kappa shape index (κ2) is 11.5. The third-order valence-electron chi connectivity index (χ3n) is 8.06. The number of hydrogen-bond acceptors (Lipinski definition) is 8. The van der Waals surface area contributed by atoms with Gasteiger partial charge in [0, 0.05) is 31.2 Å². The quantitative estimate of drug-likeness (QED) is 0.553. The van der Waals surface area contributed by atoms with Crippen LogP contribution in [0.5, 0.6) is 5.75 Å². The Morgan fingerprint density at radius 2 is 1.90 bits per heavy atom. The fourth-order valence-corrected chi connectivity index (χ4v) is 5.89. The number of fused-ring (bicyclic) bond motifs is 1. The minimum absolute atomic E-state index is 0.0903. The van der Waals surface area contributed by atoms with Crippen molar-refractivity contribution in [2.75, 3.05) is 56.0 Å². The lowest BCUT2D eigenvalue weighted by Gasteiger charge is -2.35. The van der Waals surface area contributed by atoms with Crippen molar-refractivity contribution in [2.45, 2.75) is 63.0 Å². The molecule has 0 bridgehead atoms. The Hall–Kier alpha value is -3.54. The lowest BCUT2D eigenvalue weighted by atomic mass is 9.94. The van der Waals surface area contributed by atoms with Gasteiger partial charge in [0.15, 0.2) is 5.82 Å². The number of carbonyl (C=O) groups excluding carboxylic acids is 2. The smallest absolute Gasteiger partial charge is 0.342 e. The number of ether oxygens (including phenoxy) is 1. The van der Waals surface area contributed by atoms with Crippen molar-refractivity contribution in [3.05, 3.63) is 30.0 Å². The molecule has 0 spiro atoms. The molecule has 216 valence electrons. The van der Waals surface area contributed by atoms with Gasteiger partial charge in [0.2, 0.25) is 5.95 Å². The molecule has 2 N–H and O–H groups in total. The van der Waals surface area contributed by atoms with Crippen LogP contribution in [-0.4, -0.2) is 85.5 Å². The van der Waals surface area contributed by atoms with Gasteiger partial charge in [0.25, 0.3) is 11.8 Å². The molecule has 1 saturated carbocycles. The standard InChI is InChI=1S/C28H37F2N7O3/c1-35-13-7-8-19(16-35)32-25(38)18-11-12-21(23(14-18)40-3)33-27-31-15-22-24(34-27)37(20-9-5-4-6-10-20)17-28(29,30)26(39)36(22)2/h11-12,14-15,19-20H,4-10,13,16-17H2,1-3H3,(H,32,38)(H,31,33,34)/t19-/m1/s1. The van der Waals surface area contributed by atoms with Crippen molar-refractivity contribution in [3.8, 4) is 5.75 Å². The summed E-state index contributed by atoms with van der Waals surface area (Å²) in [6, 6.07) is 4.99. The zero-order valence-electron chi connectivity index (χ0n) is 23.3. The predicted octanol–water partition coefficient (Wildman–Crippen LogP) is 3.80. The minimum atomic E-state index is -3.55. The van der Waals surface area contributed by atoms with Crippen LogP contribution in [0.2, 0.25) is 0 Å². The molecule has 1 aromatic heterocycles. The number of aromatic nitrogens is 2. The highest BCUT2D eigenvalue weighted by molar-refractivity contribution is 6.02. The van der Waals surface area contributed by atoms with E-state index in [4.69, 9.17) is 4.74 Å². The second-order valence-corrected chi connectivity index (χ2v) is 11.0. The van der Waals surface area contributed by atoms with Gasteiger partial charge in [0.05, 0.1) is 25.5 Å². The van der Waals surface area contributed by atoms with Crippen molar-refractivity contribution in [2.24, 2.45) is 0 Å². The molecule has 3 heterocycles. The average molecular weight is 558 g/mol. The van der Waals surface area contributed by atoms with Crippen molar-refractivity contribution < 1.29 is 23.1 Å². The van der Waals surface area contributed by atoms with Crippen LogP contribution in [0.1, 0.15) is 55.3 Å². The molecule has 2 aliphatic heterocycles. The molecule has 1 aromatic carbocycles. The van der Waals surface area contributed by atoms with Gasteiger partial charge in [-0.05, 0) is 57.5 Å². The molecule has 0 unspecified atom stereocenters. The maximum atomic E-state index is 14.9. The summed E-state index contributed by atoms with van der Waals surface area (Å²) in [5, 5.41) is 6.21. The van der Waals surface area contributed by atoms with Crippen molar-refractivity contribution >= 4 is 35.0 Å². The van der Waals surface area contributed by atoms with Crippen molar-refractivity contribution in [3.63, 3.8) is 0 Å². The highest BCUT2D eigenvalue weighted by Gasteiger charge is 2.48. The minimum Gasteiger partial charge on any atom is -0.495 e. The number of rotatable bonds is 6. The highest BCUT2D eigenvalue weighted by Crippen LogP contribution is 2.39. The predicted molar refractivity (Wildman–Crippen MR) is 149 cm³/mol. The summed E-state index contributed by atoms with van der Waals surface area (Å²) in [6.45, 7) is 1.11. The molecular weight excluding hydrogens is 520 g/mol. The van der Waals surface area contributed by atoms with Crippen LogP contribution < -0.4 is 25.2 Å². The molecular formula is C28H37F2N7O3. The SMILES string of the molecule is COc1cc(C(=O)N[C@@H]2CCCN(C)C2)ccc1Nc1ncc2c(n1)N(C1CCCCC1)CC(F)(F)C(=O)N2C. The lowest BCUT2D eigenvalue weighted by Crippen LogP contribution is -2.49. The zero-order valence-corrected chi connectivity index (χ0v) is 23.3. The van der Waals surface area contributed by atoms with E-state index < -0.39 is 18.4 Å². The molecule has 40 heavy (non-hydrogen) atoms. The first-order valence-electron chi connectivity index (χ1n) is 13.9. The maximum Gasteiger partial charge on any atom is 0.342 e. The van der Waals surface area contributed by atoms with Crippen molar-refractivity contribution in [1.82, 2.24) is 20.2 Å². The number of likely N-dealkylation sites (N-methyl/N-ethyl adjacent to an activating group) is 1. The number of anilines is 4. The molecule has 12 heteroatoms. The fraction of sp³-hybridized carbons (Fsp3) is 0.571. The first-order chi connectivity index (χ1) is 19.2. The Morgan fingerprint density at radius 3 is 2.62 bits per heavy atom. The third-order valence-corrected chi connectivity index (χ3v) is 8.06. The Balaban J connectivity index is 1.40. The number of benzene rings is 1. The van der Waals surface area contributed by atoms with Gasteiger partial charge in [-0.15, -0.1) is 0 Å². The van der Waals surface area contributed by atoms with E-state index >= 15 is 0 Å². The monoisotopic (exact) mass is 557 g/mol. The number of piperidine rings is 1. The van der Waals surface area contributed by atoms with E-state index in [1.807, 2.05) is 7.05 Å². The van der Waals surface area contributed by atoms with Gasteiger partial charge in [-0.3, -0.25) is 9.59 Å². The number of nitrogens with one attached hydrogen (secondary N) is 2. The molecule has 3 aliphatic rings. The largest absolute Gasteiger partial charge is 0.495 e. The summed E-state index contributed by atoms with van der Waals surface area (Å²) < 4.78 is 35.4. The number of halogens is 2. The van der Waals surface area contributed by atoms with Crippen LogP contribution in [0.3, 0.4) is 0 Å². The van der Waals surface area contributed by atoms with Crippen LogP contribution in [0, 0.1) is 0 Å². The van der Waals surface area contributed by atoms with Gasteiger partial charge < -0.3 is 30.1 Å². The molecule has 1 saturated heterocycles. The highest BCUT2D eigenvalue weighted by atomic mass is 19.3. The fourth-order valence-electron chi connectivity index (χ4n) is 5.89. The van der Waals surface area contributed by atoms with Gasteiger partial charge in [0.1, 0.15) is 11.4 Å². The van der Waals surface area contributed by atoms with Crippen LogP contribution >= 0.6 is 0 Å². The molecule has 2 amide bonds. The van der Waals surface area contributed by atoms with E-state index in [0.29, 0.717) is 22.8 Å². The Kier molecular flexibility index (Phi) is 8.07. The number of hydrogen-bond donors (Lipinski definition) is 2. The van der Waals surface area contributed by atoms with E-state index in [9.17, 15) is 18.4 Å². The first kappa shape index (κ1) is 28.0. The van der Waals surface area contributed by atoms with Gasteiger partial charge in [-0.2, -0.15) is 13.8 Å². The topological polar surface area (TPSA) is 103 Å². The zero-order chi connectivity index (χ0) is 28.4. The molecule has 1 aliphatic carbocycles. The van der Waals surface area contributed by atoms with E-state index in [0.717, 1.165) is 62.9 Å². The third kappa shape index (κ3) is 5.81. The van der Waals surface area contributed by atoms with Crippen LogP contribution in [0.25, 0.3) is 0 Å². The average Bonchev–Trinajstić information content (AvgIpc) is 3.02. The van der Waals surface area contributed by atoms with E-state index in [1.165, 1.54) is 20.4 Å². The first-order valence-corrected chi connectivity index (χ1v) is 13.9. The van der Waals surface area contributed by atoms with Gasteiger partial charge in [-0.25, -0.2) is 4.98 Å². The van der Waals surface area contributed by atoms with E-state index in [-0.39, 0.29) is 29.6 Å². The van der Waals surface area contributed by atoms with E-state index in [2.05, 4.69) is 25.5 Å². The molecule has 10 nitrogen and oxygen atoms in total. The lowest BCUT2D eigenvalue weighted by molar-refractivity contribution is -0.140. The number of carbonyl (C=O) groups is 2. The van der Waals surface area contributed by atoms with Gasteiger partial charge in [-0.1, -0.05) is 19.3 Å². The number of nitrogens with zero attached hydrogens (tertiary/aromatic N) is 5. The van der Waals surface area contributed by atoms with Crippen LogP contribution in [0.4, 0.5) is 31.9 Å². The number of methoxy groups -OCH3 is 1. The summed E-state index contributed by atoms with van der Waals surface area (Å²) in [7, 11) is 4.87. The number of likely N-dealkylation sites (tertiary alicyclic amines) is 1. The number of amides is 2. The summed E-state index contributed by atoms with van der Waals surface area (Å²) in [4.78, 5) is 39.2. The summed E-state index contributed by atoms with van der Waals surface area (Å²) in [6.07, 6.45) is 7.84. The second-order valence-electron chi connectivity index (χ2n) is 11.0.